The number of carbonyl (C=O) groups is 1. The Morgan fingerprint density at radius 3 is 2.81 bits per heavy atom. The van der Waals surface area contributed by atoms with Crippen LogP contribution in [0.25, 0.3) is 0 Å². The molecule has 2 amide bonds. The Balaban J connectivity index is 1.84. The van der Waals surface area contributed by atoms with Gasteiger partial charge in [0.15, 0.2) is 0 Å². The summed E-state index contributed by atoms with van der Waals surface area (Å²) in [7, 11) is 0. The van der Waals surface area contributed by atoms with Crippen molar-refractivity contribution in [3.8, 4) is 0 Å². The van der Waals surface area contributed by atoms with Gasteiger partial charge in [-0.15, -0.1) is 0 Å². The largest absolute Gasteiger partial charge is 0.394 e. The average Bonchev–Trinajstić information content (AvgIpc) is 2.92. The molecule has 0 unspecified atom stereocenters. The van der Waals surface area contributed by atoms with Gasteiger partial charge in [-0.2, -0.15) is 0 Å². The van der Waals surface area contributed by atoms with Crippen LogP contribution in [0.5, 0.6) is 0 Å². The van der Waals surface area contributed by atoms with Crippen molar-refractivity contribution in [3.05, 3.63) is 29.8 Å². The Hall–Kier alpha value is -1.59. The van der Waals surface area contributed by atoms with Gasteiger partial charge in [0.05, 0.1) is 18.8 Å². The molecule has 1 aliphatic rings. The second-order valence-corrected chi connectivity index (χ2v) is 5.64. The van der Waals surface area contributed by atoms with Crippen LogP contribution in [0, 0.1) is 6.92 Å². The second kappa shape index (κ2) is 7.43. The van der Waals surface area contributed by atoms with Crippen LogP contribution in [0.2, 0.25) is 0 Å². The van der Waals surface area contributed by atoms with Gasteiger partial charge in [-0.1, -0.05) is 25.0 Å². The van der Waals surface area contributed by atoms with Gasteiger partial charge in [0.25, 0.3) is 0 Å². The van der Waals surface area contributed by atoms with Crippen molar-refractivity contribution < 1.29 is 14.6 Å². The second-order valence-electron chi connectivity index (χ2n) is 5.64. The summed E-state index contributed by atoms with van der Waals surface area (Å²) in [5.41, 5.74) is 1.57. The van der Waals surface area contributed by atoms with Crippen molar-refractivity contribution >= 4 is 11.7 Å². The molecule has 5 heteroatoms. The molecule has 0 aromatic heterocycles. The third kappa shape index (κ3) is 4.72. The molecular weight excluding hydrogens is 268 g/mol. The molecule has 1 aromatic carbocycles. The van der Waals surface area contributed by atoms with Crippen molar-refractivity contribution in [2.75, 3.05) is 25.1 Å². The predicted octanol–water partition coefficient (Wildman–Crippen LogP) is 2.44. The maximum Gasteiger partial charge on any atom is 0.319 e. The number of hydrogen-bond acceptors (Lipinski definition) is 3. The number of amides is 2. The van der Waals surface area contributed by atoms with Gasteiger partial charge in [-0.25, -0.2) is 4.79 Å². The zero-order valence-electron chi connectivity index (χ0n) is 12.5. The molecule has 1 saturated carbocycles. The first-order valence-corrected chi connectivity index (χ1v) is 7.50. The topological polar surface area (TPSA) is 70.6 Å². The number of benzene rings is 1. The zero-order chi connectivity index (χ0) is 15.1. The van der Waals surface area contributed by atoms with E-state index < -0.39 is 0 Å². The monoisotopic (exact) mass is 292 g/mol. The standard InChI is InChI=1S/C16H24N2O3/c1-13-5-4-6-14(11-13)18-15(20)17-12-16(21-10-9-19)7-2-3-8-16/h4-6,11,19H,2-3,7-10,12H2,1H3,(H2,17,18,20). The fourth-order valence-corrected chi connectivity index (χ4v) is 2.79. The fourth-order valence-electron chi connectivity index (χ4n) is 2.79. The third-order valence-electron chi connectivity index (χ3n) is 3.86. The number of aryl methyl sites for hydroxylation is 1. The van der Waals surface area contributed by atoms with E-state index in [1.165, 1.54) is 0 Å². The fraction of sp³-hybridized carbons (Fsp3) is 0.562. The van der Waals surface area contributed by atoms with Crippen molar-refractivity contribution in [2.24, 2.45) is 0 Å². The molecule has 5 nitrogen and oxygen atoms in total. The Labute approximate surface area is 125 Å². The molecule has 0 saturated heterocycles. The molecule has 0 aliphatic heterocycles. The van der Waals surface area contributed by atoms with E-state index in [4.69, 9.17) is 9.84 Å². The van der Waals surface area contributed by atoms with E-state index in [2.05, 4.69) is 10.6 Å². The van der Waals surface area contributed by atoms with Gasteiger partial charge in [-0.3, -0.25) is 0 Å². The van der Waals surface area contributed by atoms with E-state index >= 15 is 0 Å². The van der Waals surface area contributed by atoms with E-state index in [0.29, 0.717) is 13.2 Å². The van der Waals surface area contributed by atoms with E-state index in [-0.39, 0.29) is 18.2 Å². The van der Waals surface area contributed by atoms with E-state index in [0.717, 1.165) is 36.9 Å². The number of anilines is 1. The Morgan fingerprint density at radius 2 is 2.14 bits per heavy atom. The third-order valence-corrected chi connectivity index (χ3v) is 3.86. The van der Waals surface area contributed by atoms with E-state index in [1.807, 2.05) is 31.2 Å². The van der Waals surface area contributed by atoms with Crippen LogP contribution in [0.3, 0.4) is 0 Å². The number of carbonyl (C=O) groups excluding carboxylic acids is 1. The van der Waals surface area contributed by atoms with Crippen molar-refractivity contribution in [3.63, 3.8) is 0 Å². The number of rotatable bonds is 6. The van der Waals surface area contributed by atoms with Crippen LogP contribution in [-0.4, -0.2) is 36.5 Å². The highest BCUT2D eigenvalue weighted by molar-refractivity contribution is 5.89. The number of hydrogen-bond donors (Lipinski definition) is 3. The van der Waals surface area contributed by atoms with Crippen LogP contribution in [0.15, 0.2) is 24.3 Å². The number of nitrogens with one attached hydrogen (secondary N) is 2. The Bertz CT molecular complexity index is 470. The molecule has 21 heavy (non-hydrogen) atoms. The minimum atomic E-state index is -0.313. The van der Waals surface area contributed by atoms with Gasteiger partial charge in [0.1, 0.15) is 0 Å². The smallest absolute Gasteiger partial charge is 0.319 e. The molecule has 0 heterocycles. The summed E-state index contributed by atoms with van der Waals surface area (Å²) in [6.07, 6.45) is 4.06. The minimum absolute atomic E-state index is 0.0111. The molecule has 0 spiro atoms. The highest BCUT2D eigenvalue weighted by Crippen LogP contribution is 2.32. The van der Waals surface area contributed by atoms with Gasteiger partial charge < -0.3 is 20.5 Å². The van der Waals surface area contributed by atoms with Crippen molar-refractivity contribution in [1.29, 1.82) is 0 Å². The predicted molar refractivity (Wildman–Crippen MR) is 82.4 cm³/mol. The quantitative estimate of drug-likeness (QED) is 0.754. The molecule has 1 fully saturated rings. The molecule has 2 rings (SSSR count). The van der Waals surface area contributed by atoms with Gasteiger partial charge in [0, 0.05) is 12.2 Å². The number of aliphatic hydroxyl groups excluding tert-OH is 1. The number of urea groups is 1. The lowest BCUT2D eigenvalue weighted by Crippen LogP contribution is -2.45. The molecule has 1 aromatic rings. The van der Waals surface area contributed by atoms with Crippen molar-refractivity contribution in [2.45, 2.75) is 38.2 Å². The Kier molecular flexibility index (Phi) is 5.59. The van der Waals surface area contributed by atoms with Crippen molar-refractivity contribution in [1.82, 2.24) is 5.32 Å². The molecule has 0 bridgehead atoms. The summed E-state index contributed by atoms with van der Waals surface area (Å²) in [5.74, 6) is 0. The maximum absolute atomic E-state index is 12.0. The SMILES string of the molecule is Cc1cccc(NC(=O)NCC2(OCCO)CCCC2)c1. The van der Waals surface area contributed by atoms with Gasteiger partial charge in [0.2, 0.25) is 0 Å². The van der Waals surface area contributed by atoms with Crippen LogP contribution in [0.4, 0.5) is 10.5 Å². The van der Waals surface area contributed by atoms with E-state index in [9.17, 15) is 4.79 Å². The van der Waals surface area contributed by atoms with E-state index in [1.54, 1.807) is 0 Å². The molecule has 1 aliphatic carbocycles. The summed E-state index contributed by atoms with van der Waals surface area (Å²) < 4.78 is 5.77. The van der Waals surface area contributed by atoms with Crippen LogP contribution >= 0.6 is 0 Å². The summed E-state index contributed by atoms with van der Waals surface area (Å²) in [6.45, 7) is 2.79. The number of aliphatic hydroxyl groups is 1. The molecule has 0 atom stereocenters. The average molecular weight is 292 g/mol. The summed E-state index contributed by atoms with van der Waals surface area (Å²) >= 11 is 0. The summed E-state index contributed by atoms with van der Waals surface area (Å²) in [4.78, 5) is 12.0. The maximum atomic E-state index is 12.0. The zero-order valence-corrected chi connectivity index (χ0v) is 12.5. The molecule has 0 radical (unpaired) electrons. The van der Waals surface area contributed by atoms with Crippen LogP contribution in [0.1, 0.15) is 31.2 Å². The van der Waals surface area contributed by atoms with Crippen LogP contribution in [-0.2, 0) is 4.74 Å². The first kappa shape index (κ1) is 15.8. The summed E-state index contributed by atoms with van der Waals surface area (Å²) in [6, 6.07) is 7.46. The first-order valence-electron chi connectivity index (χ1n) is 7.50. The Morgan fingerprint density at radius 1 is 1.38 bits per heavy atom. The molecule has 116 valence electrons. The highest BCUT2D eigenvalue weighted by atomic mass is 16.5. The lowest BCUT2D eigenvalue weighted by Gasteiger charge is -2.29. The lowest BCUT2D eigenvalue weighted by atomic mass is 10.0. The van der Waals surface area contributed by atoms with Gasteiger partial charge >= 0.3 is 6.03 Å². The van der Waals surface area contributed by atoms with Gasteiger partial charge in [-0.05, 0) is 37.5 Å². The minimum Gasteiger partial charge on any atom is -0.394 e. The normalized spacial score (nSPS) is 16.7. The number of ether oxygens (including phenoxy) is 1. The summed E-state index contributed by atoms with van der Waals surface area (Å²) in [5, 5.41) is 14.6. The molecular formula is C16H24N2O3. The highest BCUT2D eigenvalue weighted by Gasteiger charge is 2.35. The van der Waals surface area contributed by atoms with Crippen LogP contribution < -0.4 is 10.6 Å². The first-order chi connectivity index (χ1) is 10.1. The molecule has 3 N–H and O–H groups in total. The lowest BCUT2D eigenvalue weighted by molar-refractivity contribution is -0.0503.